The maximum Gasteiger partial charge on any atom is 0.339 e. The molecule has 2 aromatic carbocycles. The Hall–Kier alpha value is -1.81. The summed E-state index contributed by atoms with van der Waals surface area (Å²) >= 11 is 3.37. The molecule has 0 amide bonds. The van der Waals surface area contributed by atoms with Crippen molar-refractivity contribution < 1.29 is 14.3 Å². The number of hydrogen-bond acceptors (Lipinski definition) is 3. The molecule has 0 fully saturated rings. The van der Waals surface area contributed by atoms with E-state index < -0.39 is 5.97 Å². The van der Waals surface area contributed by atoms with Gasteiger partial charge < -0.3 is 9.47 Å². The molecular weight excluding hydrogens is 308 g/mol. The van der Waals surface area contributed by atoms with E-state index in [-0.39, 0.29) is 0 Å². The molecule has 4 heteroatoms. The van der Waals surface area contributed by atoms with Crippen LogP contribution in [0.2, 0.25) is 0 Å². The molecule has 2 rings (SSSR count). The zero-order valence-corrected chi connectivity index (χ0v) is 12.0. The SMILES string of the molecule is COC(=O)c1cccc(OCc2ccccc2)c1Br. The second-order valence-corrected chi connectivity index (χ2v) is 4.68. The lowest BCUT2D eigenvalue weighted by molar-refractivity contribution is 0.0599. The van der Waals surface area contributed by atoms with E-state index >= 15 is 0 Å². The first-order valence-electron chi connectivity index (χ1n) is 5.76. The van der Waals surface area contributed by atoms with Gasteiger partial charge in [-0.1, -0.05) is 36.4 Å². The highest BCUT2D eigenvalue weighted by Crippen LogP contribution is 2.29. The molecule has 0 aromatic heterocycles. The number of methoxy groups -OCH3 is 1. The highest BCUT2D eigenvalue weighted by Gasteiger charge is 2.13. The molecule has 0 bridgehead atoms. The lowest BCUT2D eigenvalue weighted by Crippen LogP contribution is -2.04. The topological polar surface area (TPSA) is 35.5 Å². The van der Waals surface area contributed by atoms with Crippen molar-refractivity contribution in [3.63, 3.8) is 0 Å². The molecule has 19 heavy (non-hydrogen) atoms. The summed E-state index contributed by atoms with van der Waals surface area (Å²) in [5.41, 5.74) is 1.52. The molecule has 0 heterocycles. The van der Waals surface area contributed by atoms with Crippen LogP contribution >= 0.6 is 15.9 Å². The molecule has 0 atom stereocenters. The van der Waals surface area contributed by atoms with Crippen molar-refractivity contribution >= 4 is 21.9 Å². The van der Waals surface area contributed by atoms with Crippen molar-refractivity contribution in [2.45, 2.75) is 6.61 Å². The summed E-state index contributed by atoms with van der Waals surface area (Å²) in [6, 6.07) is 15.1. The van der Waals surface area contributed by atoms with Crippen LogP contribution in [0.3, 0.4) is 0 Å². The third kappa shape index (κ3) is 3.35. The normalized spacial score (nSPS) is 10.0. The zero-order valence-electron chi connectivity index (χ0n) is 10.4. The van der Waals surface area contributed by atoms with Crippen molar-refractivity contribution in [2.75, 3.05) is 7.11 Å². The quantitative estimate of drug-likeness (QED) is 0.803. The molecule has 0 unspecified atom stereocenters. The number of hydrogen-bond donors (Lipinski definition) is 0. The average molecular weight is 321 g/mol. The molecule has 0 spiro atoms. The van der Waals surface area contributed by atoms with E-state index in [1.807, 2.05) is 30.3 Å². The molecule has 0 radical (unpaired) electrons. The number of ether oxygens (including phenoxy) is 2. The second-order valence-electron chi connectivity index (χ2n) is 3.88. The Kier molecular flexibility index (Phi) is 4.58. The van der Waals surface area contributed by atoms with Crippen molar-refractivity contribution in [1.82, 2.24) is 0 Å². The van der Waals surface area contributed by atoms with Crippen molar-refractivity contribution in [1.29, 1.82) is 0 Å². The lowest BCUT2D eigenvalue weighted by atomic mass is 10.2. The van der Waals surface area contributed by atoms with Gasteiger partial charge in [0.25, 0.3) is 0 Å². The standard InChI is InChI=1S/C15H13BrO3/c1-18-15(17)12-8-5-9-13(14(12)16)19-10-11-6-3-2-4-7-11/h2-9H,10H2,1H3. The van der Waals surface area contributed by atoms with E-state index in [4.69, 9.17) is 9.47 Å². The Morgan fingerprint density at radius 3 is 2.53 bits per heavy atom. The van der Waals surface area contributed by atoms with Crippen molar-refractivity contribution in [2.24, 2.45) is 0 Å². The van der Waals surface area contributed by atoms with Crippen LogP contribution in [0, 0.1) is 0 Å². The van der Waals surface area contributed by atoms with Gasteiger partial charge in [0.15, 0.2) is 0 Å². The minimum absolute atomic E-state index is 0.392. The summed E-state index contributed by atoms with van der Waals surface area (Å²) in [6.07, 6.45) is 0. The van der Waals surface area contributed by atoms with Gasteiger partial charge in [0.1, 0.15) is 12.4 Å². The number of benzene rings is 2. The van der Waals surface area contributed by atoms with Gasteiger partial charge >= 0.3 is 5.97 Å². The van der Waals surface area contributed by atoms with Gasteiger partial charge in [0.2, 0.25) is 0 Å². The van der Waals surface area contributed by atoms with E-state index in [1.165, 1.54) is 7.11 Å². The van der Waals surface area contributed by atoms with E-state index in [0.29, 0.717) is 22.4 Å². The third-order valence-electron chi connectivity index (χ3n) is 2.61. The molecule has 0 saturated heterocycles. The first-order chi connectivity index (χ1) is 9.22. The average Bonchev–Trinajstić information content (AvgIpc) is 2.46. The van der Waals surface area contributed by atoms with Crippen molar-refractivity contribution in [3.05, 3.63) is 64.1 Å². The van der Waals surface area contributed by atoms with Crippen LogP contribution < -0.4 is 4.74 Å². The number of carbonyl (C=O) groups is 1. The van der Waals surface area contributed by atoms with Gasteiger partial charge in [-0.2, -0.15) is 0 Å². The Labute approximate surface area is 120 Å². The maximum absolute atomic E-state index is 11.6. The molecule has 2 aromatic rings. The van der Waals surface area contributed by atoms with Crippen LogP contribution in [0.1, 0.15) is 15.9 Å². The van der Waals surface area contributed by atoms with Gasteiger partial charge in [-0.05, 0) is 33.6 Å². The number of esters is 1. The monoisotopic (exact) mass is 320 g/mol. The summed E-state index contributed by atoms with van der Waals surface area (Å²) < 4.78 is 11.0. The van der Waals surface area contributed by atoms with Crippen molar-refractivity contribution in [3.8, 4) is 5.75 Å². The van der Waals surface area contributed by atoms with E-state index in [0.717, 1.165) is 5.56 Å². The summed E-state index contributed by atoms with van der Waals surface area (Å²) in [6.45, 7) is 0.448. The van der Waals surface area contributed by atoms with Crippen LogP contribution in [0.5, 0.6) is 5.75 Å². The minimum Gasteiger partial charge on any atom is -0.488 e. The second kappa shape index (κ2) is 6.38. The van der Waals surface area contributed by atoms with E-state index in [9.17, 15) is 4.79 Å². The summed E-state index contributed by atoms with van der Waals surface area (Å²) in [5, 5.41) is 0. The Morgan fingerprint density at radius 2 is 1.84 bits per heavy atom. The van der Waals surface area contributed by atoms with Gasteiger partial charge in [0, 0.05) is 0 Å². The molecule has 0 N–H and O–H groups in total. The third-order valence-corrected chi connectivity index (χ3v) is 3.42. The lowest BCUT2D eigenvalue weighted by Gasteiger charge is -2.10. The van der Waals surface area contributed by atoms with Crippen LogP contribution in [0.4, 0.5) is 0 Å². The first-order valence-corrected chi connectivity index (χ1v) is 6.55. The van der Waals surface area contributed by atoms with Crippen LogP contribution in [0.25, 0.3) is 0 Å². The van der Waals surface area contributed by atoms with Gasteiger partial charge in [0.05, 0.1) is 17.1 Å². The summed E-state index contributed by atoms with van der Waals surface area (Å²) in [4.78, 5) is 11.6. The Bertz CT molecular complexity index is 567. The first kappa shape index (κ1) is 13.6. The van der Waals surface area contributed by atoms with Gasteiger partial charge in [-0.25, -0.2) is 4.79 Å². The fourth-order valence-corrected chi connectivity index (χ4v) is 2.17. The largest absolute Gasteiger partial charge is 0.488 e. The predicted molar refractivity (Wildman–Crippen MR) is 76.3 cm³/mol. The van der Waals surface area contributed by atoms with Gasteiger partial charge in [-0.3, -0.25) is 0 Å². The highest BCUT2D eigenvalue weighted by atomic mass is 79.9. The predicted octanol–water partition coefficient (Wildman–Crippen LogP) is 3.81. The molecule has 0 aliphatic rings. The van der Waals surface area contributed by atoms with Crippen LogP contribution in [-0.2, 0) is 11.3 Å². The summed E-state index contributed by atoms with van der Waals surface area (Å²) in [7, 11) is 1.35. The smallest absolute Gasteiger partial charge is 0.339 e. The molecule has 0 aliphatic heterocycles. The Morgan fingerprint density at radius 1 is 1.11 bits per heavy atom. The number of rotatable bonds is 4. The highest BCUT2D eigenvalue weighted by molar-refractivity contribution is 9.10. The van der Waals surface area contributed by atoms with Crippen LogP contribution in [0.15, 0.2) is 53.0 Å². The fraction of sp³-hybridized carbons (Fsp3) is 0.133. The number of carbonyl (C=O) groups excluding carboxylic acids is 1. The van der Waals surface area contributed by atoms with E-state index in [1.54, 1.807) is 18.2 Å². The molecule has 98 valence electrons. The Balaban J connectivity index is 2.15. The minimum atomic E-state index is -0.392. The zero-order chi connectivity index (χ0) is 13.7. The fourth-order valence-electron chi connectivity index (χ4n) is 1.63. The maximum atomic E-state index is 11.6. The van der Waals surface area contributed by atoms with Gasteiger partial charge in [-0.15, -0.1) is 0 Å². The molecule has 0 aliphatic carbocycles. The summed E-state index contributed by atoms with van der Waals surface area (Å²) in [5.74, 6) is 0.226. The molecular formula is C15H13BrO3. The molecule has 0 saturated carbocycles. The van der Waals surface area contributed by atoms with Crippen LogP contribution in [-0.4, -0.2) is 13.1 Å². The molecule has 3 nitrogen and oxygen atoms in total. The number of halogens is 1. The van der Waals surface area contributed by atoms with E-state index in [2.05, 4.69) is 15.9 Å².